The van der Waals surface area contributed by atoms with Gasteiger partial charge in [-0.25, -0.2) is 9.97 Å². The highest BCUT2D eigenvalue weighted by molar-refractivity contribution is 5.59. The molecule has 0 unspecified atom stereocenters. The fraction of sp³-hybridized carbons (Fsp3) is 0.750. The Kier molecular flexibility index (Phi) is 4.29. The van der Waals surface area contributed by atoms with Crippen LogP contribution in [-0.2, 0) is 0 Å². The van der Waals surface area contributed by atoms with Gasteiger partial charge in [-0.3, -0.25) is 0 Å². The molecule has 3 rings (SSSR count). The first-order valence-corrected chi connectivity index (χ1v) is 8.21. The van der Waals surface area contributed by atoms with Crippen molar-refractivity contribution in [2.24, 2.45) is 5.92 Å². The molecule has 1 aromatic heterocycles. The van der Waals surface area contributed by atoms with Crippen LogP contribution in [0.5, 0.6) is 0 Å². The average molecular weight is 290 g/mol. The molecule has 0 radical (unpaired) electrons. The topological polar surface area (TPSA) is 61.3 Å². The van der Waals surface area contributed by atoms with Gasteiger partial charge in [0.05, 0.1) is 0 Å². The van der Waals surface area contributed by atoms with Crippen LogP contribution in [0.1, 0.15) is 49.9 Å². The summed E-state index contributed by atoms with van der Waals surface area (Å²) < 4.78 is 0. The van der Waals surface area contributed by atoms with Gasteiger partial charge in [0.2, 0.25) is 0 Å². The number of aliphatic hydroxyl groups is 1. The zero-order valence-corrected chi connectivity index (χ0v) is 13.1. The van der Waals surface area contributed by atoms with E-state index < -0.39 is 0 Å². The van der Waals surface area contributed by atoms with Gasteiger partial charge < -0.3 is 15.3 Å². The van der Waals surface area contributed by atoms with Crippen molar-refractivity contribution in [2.45, 2.75) is 45.4 Å². The van der Waals surface area contributed by atoms with Crippen molar-refractivity contribution in [2.75, 3.05) is 36.5 Å². The van der Waals surface area contributed by atoms with Crippen molar-refractivity contribution in [3.05, 3.63) is 11.4 Å². The number of rotatable bonds is 5. The first-order valence-electron chi connectivity index (χ1n) is 8.21. The number of nitrogens with one attached hydrogen (secondary N) is 1. The molecule has 116 valence electrons. The predicted octanol–water partition coefficient (Wildman–Crippen LogP) is 2.30. The Balaban J connectivity index is 1.86. The summed E-state index contributed by atoms with van der Waals surface area (Å²) in [5.74, 6) is 4.13. The molecule has 2 N–H and O–H groups in total. The van der Waals surface area contributed by atoms with E-state index in [-0.39, 0.29) is 0 Å². The number of aromatic nitrogens is 2. The third-order valence-corrected chi connectivity index (χ3v) is 4.60. The van der Waals surface area contributed by atoms with E-state index in [0.29, 0.717) is 18.4 Å². The van der Waals surface area contributed by atoms with Crippen LogP contribution < -0.4 is 10.2 Å². The normalized spacial score (nSPS) is 19.9. The summed E-state index contributed by atoms with van der Waals surface area (Å²) in [4.78, 5) is 12.0. The fourth-order valence-corrected chi connectivity index (χ4v) is 3.02. The molecule has 1 saturated carbocycles. The van der Waals surface area contributed by atoms with Crippen molar-refractivity contribution in [3.8, 4) is 0 Å². The molecule has 21 heavy (non-hydrogen) atoms. The van der Waals surface area contributed by atoms with Gasteiger partial charge in [0.15, 0.2) is 0 Å². The van der Waals surface area contributed by atoms with Gasteiger partial charge in [-0.2, -0.15) is 0 Å². The highest BCUT2D eigenvalue weighted by Crippen LogP contribution is 2.40. The van der Waals surface area contributed by atoms with E-state index in [1.165, 1.54) is 12.8 Å². The SMILES string of the molecule is CCNc1nc(C2CC2)nc(N2CCC(CO)CC2)c1C. The number of nitrogens with zero attached hydrogens (tertiary/aromatic N) is 3. The first kappa shape index (κ1) is 14.6. The number of hydrogen-bond donors (Lipinski definition) is 2. The minimum absolute atomic E-state index is 0.312. The van der Waals surface area contributed by atoms with E-state index in [0.717, 1.165) is 55.5 Å². The van der Waals surface area contributed by atoms with Gasteiger partial charge in [0, 0.05) is 37.7 Å². The van der Waals surface area contributed by atoms with E-state index in [1.54, 1.807) is 0 Å². The quantitative estimate of drug-likeness (QED) is 0.871. The van der Waals surface area contributed by atoms with E-state index in [4.69, 9.17) is 9.97 Å². The number of aliphatic hydroxyl groups excluding tert-OH is 1. The van der Waals surface area contributed by atoms with Crippen LogP contribution in [0.3, 0.4) is 0 Å². The van der Waals surface area contributed by atoms with Gasteiger partial charge in [0.1, 0.15) is 17.5 Å². The Morgan fingerprint density at radius 1 is 1.19 bits per heavy atom. The molecule has 0 bridgehead atoms. The zero-order valence-electron chi connectivity index (χ0n) is 13.1. The predicted molar refractivity (Wildman–Crippen MR) is 84.9 cm³/mol. The van der Waals surface area contributed by atoms with Crippen LogP contribution in [0.4, 0.5) is 11.6 Å². The highest BCUT2D eigenvalue weighted by Gasteiger charge is 2.30. The lowest BCUT2D eigenvalue weighted by atomic mass is 9.97. The van der Waals surface area contributed by atoms with Crippen LogP contribution in [0.15, 0.2) is 0 Å². The van der Waals surface area contributed by atoms with Crippen molar-refractivity contribution in [1.29, 1.82) is 0 Å². The molecule has 1 saturated heterocycles. The molecule has 1 aliphatic heterocycles. The summed E-state index contributed by atoms with van der Waals surface area (Å²) in [6, 6.07) is 0. The molecule has 1 aromatic rings. The smallest absolute Gasteiger partial charge is 0.137 e. The Labute approximate surface area is 126 Å². The average Bonchev–Trinajstić information content (AvgIpc) is 3.34. The van der Waals surface area contributed by atoms with Gasteiger partial charge in [-0.15, -0.1) is 0 Å². The first-order chi connectivity index (χ1) is 10.2. The maximum absolute atomic E-state index is 9.29. The highest BCUT2D eigenvalue weighted by atomic mass is 16.3. The lowest BCUT2D eigenvalue weighted by molar-refractivity contribution is 0.202. The third kappa shape index (κ3) is 3.12. The molecule has 5 nitrogen and oxygen atoms in total. The van der Waals surface area contributed by atoms with E-state index in [9.17, 15) is 5.11 Å². The molecule has 0 spiro atoms. The van der Waals surface area contributed by atoms with Crippen molar-refractivity contribution in [1.82, 2.24) is 9.97 Å². The number of anilines is 2. The van der Waals surface area contributed by atoms with Gasteiger partial charge in [0.25, 0.3) is 0 Å². The second-order valence-electron chi connectivity index (χ2n) is 6.30. The lowest BCUT2D eigenvalue weighted by Crippen LogP contribution is -2.36. The molecule has 5 heteroatoms. The molecule has 0 amide bonds. The Morgan fingerprint density at radius 2 is 1.90 bits per heavy atom. The summed E-state index contributed by atoms with van der Waals surface area (Å²) in [6.07, 6.45) is 4.55. The zero-order chi connectivity index (χ0) is 14.8. The fourth-order valence-electron chi connectivity index (χ4n) is 3.02. The minimum atomic E-state index is 0.312. The number of hydrogen-bond acceptors (Lipinski definition) is 5. The van der Waals surface area contributed by atoms with Gasteiger partial charge >= 0.3 is 0 Å². The van der Waals surface area contributed by atoms with Crippen LogP contribution in [-0.4, -0.2) is 41.3 Å². The van der Waals surface area contributed by atoms with Crippen molar-refractivity contribution in [3.63, 3.8) is 0 Å². The molecule has 2 heterocycles. The second kappa shape index (κ2) is 6.18. The van der Waals surface area contributed by atoms with Gasteiger partial charge in [-0.05, 0) is 45.4 Å². The Hall–Kier alpha value is -1.36. The molecule has 1 aliphatic carbocycles. The van der Waals surface area contributed by atoms with Crippen LogP contribution in [0.2, 0.25) is 0 Å². The lowest BCUT2D eigenvalue weighted by Gasteiger charge is -2.33. The third-order valence-electron chi connectivity index (χ3n) is 4.60. The molecule has 0 atom stereocenters. The molecule has 2 fully saturated rings. The summed E-state index contributed by atoms with van der Waals surface area (Å²) in [5, 5.41) is 12.7. The second-order valence-corrected chi connectivity index (χ2v) is 6.30. The van der Waals surface area contributed by atoms with E-state index in [1.807, 2.05) is 0 Å². The largest absolute Gasteiger partial charge is 0.396 e. The Bertz CT molecular complexity index is 493. The van der Waals surface area contributed by atoms with Crippen molar-refractivity contribution >= 4 is 11.6 Å². The van der Waals surface area contributed by atoms with Crippen LogP contribution in [0.25, 0.3) is 0 Å². The molecule has 0 aromatic carbocycles. The van der Waals surface area contributed by atoms with Gasteiger partial charge in [-0.1, -0.05) is 0 Å². The summed E-state index contributed by atoms with van der Waals surface area (Å²) >= 11 is 0. The van der Waals surface area contributed by atoms with E-state index in [2.05, 4.69) is 24.1 Å². The molecular weight excluding hydrogens is 264 g/mol. The number of piperidine rings is 1. The Morgan fingerprint density at radius 3 is 2.48 bits per heavy atom. The maximum Gasteiger partial charge on any atom is 0.137 e. The molecule has 2 aliphatic rings. The standard InChI is InChI=1S/C16H26N4O/c1-3-17-14-11(2)16(19-15(18-14)13-4-5-13)20-8-6-12(10-21)7-9-20/h12-13,21H,3-10H2,1-2H3,(H,17,18,19). The van der Waals surface area contributed by atoms with E-state index >= 15 is 0 Å². The minimum Gasteiger partial charge on any atom is -0.396 e. The molecular formula is C16H26N4O. The van der Waals surface area contributed by atoms with Crippen LogP contribution >= 0.6 is 0 Å². The monoisotopic (exact) mass is 290 g/mol. The summed E-state index contributed by atoms with van der Waals surface area (Å²) in [5.41, 5.74) is 1.16. The van der Waals surface area contributed by atoms with Crippen LogP contribution in [0, 0.1) is 12.8 Å². The summed E-state index contributed by atoms with van der Waals surface area (Å²) in [7, 11) is 0. The van der Waals surface area contributed by atoms with Crippen molar-refractivity contribution < 1.29 is 5.11 Å². The summed E-state index contributed by atoms with van der Waals surface area (Å²) in [6.45, 7) is 7.38. The maximum atomic E-state index is 9.29.